The quantitative estimate of drug-likeness (QED) is 0.810. The van der Waals surface area contributed by atoms with Gasteiger partial charge in [0.15, 0.2) is 0 Å². The third-order valence-corrected chi connectivity index (χ3v) is 2.28. The zero-order valence-electron chi connectivity index (χ0n) is 10.2. The van der Waals surface area contributed by atoms with Gasteiger partial charge in [0.1, 0.15) is 11.8 Å². The summed E-state index contributed by atoms with van der Waals surface area (Å²) in [5.41, 5.74) is 0.0465. The van der Waals surface area contributed by atoms with Gasteiger partial charge in [0.25, 0.3) is 0 Å². The molecule has 4 nitrogen and oxygen atoms in total. The molecule has 7 heteroatoms. The van der Waals surface area contributed by atoms with E-state index in [1.165, 1.54) is 24.3 Å². The van der Waals surface area contributed by atoms with Gasteiger partial charge in [-0.05, 0) is 13.0 Å². The van der Waals surface area contributed by atoms with E-state index < -0.39 is 24.7 Å². The molecule has 2 N–H and O–H groups in total. The Labute approximate surface area is 108 Å². The van der Waals surface area contributed by atoms with E-state index in [9.17, 15) is 23.1 Å². The molecule has 106 valence electrons. The molecule has 0 fully saturated rings. The summed E-state index contributed by atoms with van der Waals surface area (Å²) in [5.74, 6) is -1.14. The average Bonchev–Trinajstić information content (AvgIpc) is 2.30. The molecule has 1 aromatic carbocycles. The van der Waals surface area contributed by atoms with Gasteiger partial charge in [0.2, 0.25) is 0 Å². The summed E-state index contributed by atoms with van der Waals surface area (Å²) in [6, 6.07) is 4.31. The predicted molar refractivity (Wildman–Crippen MR) is 61.5 cm³/mol. The molecule has 0 bridgehead atoms. The third kappa shape index (κ3) is 4.78. The molecule has 0 amide bonds. The highest BCUT2D eigenvalue weighted by atomic mass is 19.4. The van der Waals surface area contributed by atoms with Crippen LogP contribution in [0.5, 0.6) is 5.75 Å². The van der Waals surface area contributed by atoms with Crippen molar-refractivity contribution < 1.29 is 27.8 Å². The minimum Gasteiger partial charge on any atom is -0.508 e. The van der Waals surface area contributed by atoms with Crippen LogP contribution in [0.1, 0.15) is 18.5 Å². The van der Waals surface area contributed by atoms with Crippen molar-refractivity contribution in [2.75, 3.05) is 13.2 Å². The van der Waals surface area contributed by atoms with Crippen LogP contribution in [-0.2, 0) is 9.53 Å². The summed E-state index contributed by atoms with van der Waals surface area (Å²) < 4.78 is 41.3. The van der Waals surface area contributed by atoms with Gasteiger partial charge in [0.05, 0.1) is 13.2 Å². The Bertz CT molecular complexity index is 434. The number of nitrogens with one attached hydrogen (secondary N) is 1. The van der Waals surface area contributed by atoms with Crippen molar-refractivity contribution in [3.05, 3.63) is 29.8 Å². The molecule has 1 rings (SSSR count). The van der Waals surface area contributed by atoms with Gasteiger partial charge in [0, 0.05) is 5.56 Å². The van der Waals surface area contributed by atoms with Crippen LogP contribution in [-0.4, -0.2) is 30.4 Å². The highest BCUT2D eigenvalue weighted by Crippen LogP contribution is 2.25. The van der Waals surface area contributed by atoms with E-state index in [1.807, 2.05) is 5.32 Å². The molecule has 0 saturated carbocycles. The van der Waals surface area contributed by atoms with E-state index in [0.29, 0.717) is 0 Å². The predicted octanol–water partition coefficient (Wildman–Crippen LogP) is 2.15. The number of rotatable bonds is 5. The monoisotopic (exact) mass is 277 g/mol. The number of esters is 1. The first-order valence-corrected chi connectivity index (χ1v) is 5.60. The maximum atomic E-state index is 12.2. The summed E-state index contributed by atoms with van der Waals surface area (Å²) in [5, 5.41) is 11.6. The van der Waals surface area contributed by atoms with E-state index in [4.69, 9.17) is 4.74 Å². The maximum absolute atomic E-state index is 12.2. The van der Waals surface area contributed by atoms with E-state index in [1.54, 1.807) is 6.92 Å². The molecule has 0 spiro atoms. The lowest BCUT2D eigenvalue weighted by Gasteiger charge is -2.19. The van der Waals surface area contributed by atoms with Crippen molar-refractivity contribution in [2.45, 2.75) is 19.1 Å². The molecule has 0 aromatic heterocycles. The van der Waals surface area contributed by atoms with Gasteiger partial charge in [-0.1, -0.05) is 18.2 Å². The number of aromatic hydroxyl groups is 1. The third-order valence-electron chi connectivity index (χ3n) is 2.28. The van der Waals surface area contributed by atoms with Crippen LogP contribution >= 0.6 is 0 Å². The summed E-state index contributed by atoms with van der Waals surface area (Å²) in [6.45, 7) is 0.227. The van der Waals surface area contributed by atoms with Crippen molar-refractivity contribution in [3.63, 3.8) is 0 Å². The van der Waals surface area contributed by atoms with Gasteiger partial charge >= 0.3 is 12.1 Å². The lowest BCUT2D eigenvalue weighted by molar-refractivity contribution is -0.149. The standard InChI is InChI=1S/C12H14F3NO3/c1-2-19-11(18)10(16-7-12(13,14)15)8-5-3-4-6-9(8)17/h3-6,10,16-17H,2,7H2,1H3. The second kappa shape index (κ2) is 6.42. The Morgan fingerprint density at radius 3 is 2.58 bits per heavy atom. The van der Waals surface area contributed by atoms with E-state index in [-0.39, 0.29) is 17.9 Å². The Kier molecular flexibility index (Phi) is 5.17. The molecule has 1 aromatic rings. The second-order valence-electron chi connectivity index (χ2n) is 3.74. The first kappa shape index (κ1) is 15.3. The zero-order valence-corrected chi connectivity index (χ0v) is 10.2. The number of carbonyl (C=O) groups is 1. The van der Waals surface area contributed by atoms with Crippen LogP contribution in [0.4, 0.5) is 13.2 Å². The molecule has 0 aliphatic rings. The number of alkyl halides is 3. The number of carbonyl (C=O) groups excluding carboxylic acids is 1. The number of hydrogen-bond acceptors (Lipinski definition) is 4. The number of phenolic OH excluding ortho intramolecular Hbond substituents is 1. The Balaban J connectivity index is 2.93. The fourth-order valence-corrected chi connectivity index (χ4v) is 1.50. The number of benzene rings is 1. The zero-order chi connectivity index (χ0) is 14.5. The first-order valence-electron chi connectivity index (χ1n) is 5.60. The SMILES string of the molecule is CCOC(=O)C(NCC(F)(F)F)c1ccccc1O. The fourth-order valence-electron chi connectivity index (χ4n) is 1.50. The number of phenols is 1. The fraction of sp³-hybridized carbons (Fsp3) is 0.417. The number of hydrogen-bond donors (Lipinski definition) is 2. The van der Waals surface area contributed by atoms with Crippen LogP contribution in [0.3, 0.4) is 0 Å². The van der Waals surface area contributed by atoms with Gasteiger partial charge < -0.3 is 9.84 Å². The Morgan fingerprint density at radius 2 is 2.05 bits per heavy atom. The summed E-state index contributed by atoms with van der Waals surface area (Å²) in [4.78, 5) is 11.6. The molecule has 0 saturated heterocycles. The molecule has 1 unspecified atom stereocenters. The van der Waals surface area contributed by atoms with Crippen molar-refractivity contribution in [1.29, 1.82) is 0 Å². The van der Waals surface area contributed by atoms with Gasteiger partial charge in [-0.15, -0.1) is 0 Å². The van der Waals surface area contributed by atoms with E-state index in [2.05, 4.69) is 0 Å². The van der Waals surface area contributed by atoms with Gasteiger partial charge in [-0.25, -0.2) is 4.79 Å². The molecule has 0 radical (unpaired) electrons. The molecule has 0 heterocycles. The van der Waals surface area contributed by atoms with Crippen LogP contribution in [0, 0.1) is 0 Å². The smallest absolute Gasteiger partial charge is 0.401 e. The Morgan fingerprint density at radius 1 is 1.42 bits per heavy atom. The van der Waals surface area contributed by atoms with Crippen LogP contribution in [0.25, 0.3) is 0 Å². The number of ether oxygens (including phenoxy) is 1. The molecule has 19 heavy (non-hydrogen) atoms. The Hall–Kier alpha value is -1.76. The first-order chi connectivity index (χ1) is 8.85. The number of halogens is 3. The van der Waals surface area contributed by atoms with E-state index >= 15 is 0 Å². The second-order valence-corrected chi connectivity index (χ2v) is 3.74. The topological polar surface area (TPSA) is 58.6 Å². The molecule has 0 aliphatic carbocycles. The van der Waals surface area contributed by atoms with E-state index in [0.717, 1.165) is 0 Å². The number of para-hydroxylation sites is 1. The van der Waals surface area contributed by atoms with Crippen molar-refractivity contribution in [1.82, 2.24) is 5.32 Å². The minimum absolute atomic E-state index is 0.0383. The van der Waals surface area contributed by atoms with Crippen LogP contribution in [0.2, 0.25) is 0 Å². The minimum atomic E-state index is -4.46. The van der Waals surface area contributed by atoms with Crippen LogP contribution < -0.4 is 5.32 Å². The normalized spacial score (nSPS) is 13.1. The molecule has 0 aliphatic heterocycles. The van der Waals surface area contributed by atoms with Crippen molar-refractivity contribution in [2.24, 2.45) is 0 Å². The summed E-state index contributed by atoms with van der Waals surface area (Å²) >= 11 is 0. The average molecular weight is 277 g/mol. The lowest BCUT2D eigenvalue weighted by atomic mass is 10.1. The van der Waals surface area contributed by atoms with Crippen LogP contribution in [0.15, 0.2) is 24.3 Å². The highest BCUT2D eigenvalue weighted by molar-refractivity contribution is 5.78. The lowest BCUT2D eigenvalue weighted by Crippen LogP contribution is -2.37. The molecule has 1 atom stereocenters. The van der Waals surface area contributed by atoms with Gasteiger partial charge in [-0.2, -0.15) is 13.2 Å². The highest BCUT2D eigenvalue weighted by Gasteiger charge is 2.32. The maximum Gasteiger partial charge on any atom is 0.401 e. The summed E-state index contributed by atoms with van der Waals surface area (Å²) in [7, 11) is 0. The molecular formula is C12H14F3NO3. The molecular weight excluding hydrogens is 263 g/mol. The van der Waals surface area contributed by atoms with Crippen molar-refractivity contribution >= 4 is 5.97 Å². The largest absolute Gasteiger partial charge is 0.508 e. The summed E-state index contributed by atoms with van der Waals surface area (Å²) in [6.07, 6.45) is -4.46. The van der Waals surface area contributed by atoms with Crippen molar-refractivity contribution in [3.8, 4) is 5.75 Å². The van der Waals surface area contributed by atoms with Gasteiger partial charge in [-0.3, -0.25) is 5.32 Å².